The van der Waals surface area contributed by atoms with Crippen molar-refractivity contribution >= 4 is 11.5 Å². The van der Waals surface area contributed by atoms with E-state index in [2.05, 4.69) is 0 Å². The molecule has 0 radical (unpaired) electrons. The molecule has 0 saturated carbocycles. The maximum atomic E-state index is 11.2. The highest BCUT2D eigenvalue weighted by Gasteiger charge is 2.19. The molecule has 1 aromatic rings. The fourth-order valence-electron chi connectivity index (χ4n) is 1.09. The third kappa shape index (κ3) is 1.71. The number of carbonyl (C=O) groups is 1. The van der Waals surface area contributed by atoms with Gasteiger partial charge in [-0.05, 0) is 6.07 Å². The predicted octanol–water partition coefficient (Wildman–Crippen LogP) is 1.89. The number of para-hydroxylation sites is 1. The molecule has 0 heterocycles. The number of nitro benzene ring substituents is 1. The van der Waals surface area contributed by atoms with Gasteiger partial charge in [-0.3, -0.25) is 14.9 Å². The van der Waals surface area contributed by atoms with Crippen molar-refractivity contribution in [2.45, 2.75) is 13.3 Å². The minimum Gasteiger partial charge on any atom is -0.502 e. The first-order valence-electron chi connectivity index (χ1n) is 4.07. The summed E-state index contributed by atoms with van der Waals surface area (Å²) in [6.45, 7) is 1.63. The molecule has 1 rings (SSSR count). The summed E-state index contributed by atoms with van der Waals surface area (Å²) in [6.07, 6.45) is 0.203. The number of hydrogen-bond donors (Lipinski definition) is 1. The third-order valence-electron chi connectivity index (χ3n) is 1.83. The number of rotatable bonds is 3. The van der Waals surface area contributed by atoms with Crippen LogP contribution >= 0.6 is 0 Å². The monoisotopic (exact) mass is 195 g/mol. The summed E-state index contributed by atoms with van der Waals surface area (Å²) in [6, 6.07) is 3.90. The number of carbonyl (C=O) groups excluding carboxylic acids is 1. The van der Waals surface area contributed by atoms with E-state index in [0.29, 0.717) is 0 Å². The molecule has 0 fully saturated rings. The van der Waals surface area contributed by atoms with E-state index in [1.165, 1.54) is 12.1 Å². The van der Waals surface area contributed by atoms with Crippen LogP contribution in [-0.2, 0) is 0 Å². The number of Topliss-reactive ketones (excluding diaryl/α,β-unsaturated/α-hetero) is 1. The lowest BCUT2D eigenvalue weighted by Crippen LogP contribution is -1.99. The first-order valence-corrected chi connectivity index (χ1v) is 4.07. The van der Waals surface area contributed by atoms with Gasteiger partial charge in [-0.15, -0.1) is 0 Å². The van der Waals surface area contributed by atoms with Crippen LogP contribution < -0.4 is 0 Å². The van der Waals surface area contributed by atoms with Crippen LogP contribution in [0.25, 0.3) is 0 Å². The van der Waals surface area contributed by atoms with Crippen molar-refractivity contribution < 1.29 is 14.8 Å². The molecule has 5 nitrogen and oxygen atoms in total. The lowest BCUT2D eigenvalue weighted by molar-refractivity contribution is -0.385. The summed E-state index contributed by atoms with van der Waals surface area (Å²) < 4.78 is 0. The Morgan fingerprint density at radius 3 is 2.71 bits per heavy atom. The Balaban J connectivity index is 3.27. The zero-order valence-corrected chi connectivity index (χ0v) is 7.56. The molecule has 1 N–H and O–H groups in total. The van der Waals surface area contributed by atoms with Gasteiger partial charge in [0.05, 0.1) is 10.5 Å². The number of nitrogens with zero attached hydrogens (tertiary/aromatic N) is 1. The van der Waals surface area contributed by atoms with Crippen molar-refractivity contribution in [3.63, 3.8) is 0 Å². The van der Waals surface area contributed by atoms with Crippen molar-refractivity contribution in [1.29, 1.82) is 0 Å². The van der Waals surface area contributed by atoms with Crippen molar-refractivity contribution in [3.05, 3.63) is 33.9 Å². The Labute approximate surface area is 80.1 Å². The van der Waals surface area contributed by atoms with Gasteiger partial charge in [0, 0.05) is 12.5 Å². The summed E-state index contributed by atoms with van der Waals surface area (Å²) in [5, 5.41) is 19.8. The zero-order valence-electron chi connectivity index (χ0n) is 7.56. The number of nitro groups is 1. The molecule has 0 saturated heterocycles. The largest absolute Gasteiger partial charge is 0.502 e. The van der Waals surface area contributed by atoms with Crippen LogP contribution in [0.15, 0.2) is 18.2 Å². The Bertz CT molecular complexity index is 386. The van der Waals surface area contributed by atoms with E-state index >= 15 is 0 Å². The highest BCUT2D eigenvalue weighted by atomic mass is 16.6. The molecule has 0 aliphatic carbocycles. The summed E-state index contributed by atoms with van der Waals surface area (Å²) in [5.74, 6) is -0.865. The van der Waals surface area contributed by atoms with Crippen LogP contribution in [-0.4, -0.2) is 15.8 Å². The second-order valence-corrected chi connectivity index (χ2v) is 2.71. The summed E-state index contributed by atoms with van der Waals surface area (Å²) in [7, 11) is 0. The van der Waals surface area contributed by atoms with E-state index < -0.39 is 16.4 Å². The second kappa shape index (κ2) is 3.87. The SMILES string of the molecule is CCC(=O)c1cccc([N+](=O)[O-])c1O. The molecule has 1 aromatic carbocycles. The van der Waals surface area contributed by atoms with Gasteiger partial charge in [0.15, 0.2) is 5.78 Å². The van der Waals surface area contributed by atoms with Gasteiger partial charge in [0.2, 0.25) is 5.75 Å². The van der Waals surface area contributed by atoms with Crippen LogP contribution in [0, 0.1) is 10.1 Å². The zero-order chi connectivity index (χ0) is 10.7. The number of ketones is 1. The van der Waals surface area contributed by atoms with Gasteiger partial charge in [-0.2, -0.15) is 0 Å². The molecule has 14 heavy (non-hydrogen) atoms. The minimum absolute atomic E-state index is 0.00157. The molecule has 5 heteroatoms. The van der Waals surface area contributed by atoms with E-state index in [9.17, 15) is 20.0 Å². The topological polar surface area (TPSA) is 80.4 Å². The highest BCUT2D eigenvalue weighted by molar-refractivity contribution is 5.99. The highest BCUT2D eigenvalue weighted by Crippen LogP contribution is 2.29. The van der Waals surface area contributed by atoms with Gasteiger partial charge in [0.25, 0.3) is 0 Å². The number of aromatic hydroxyl groups is 1. The number of phenolic OH excluding ortho intramolecular Hbond substituents is 1. The number of benzene rings is 1. The Hall–Kier alpha value is -1.91. The maximum Gasteiger partial charge on any atom is 0.311 e. The van der Waals surface area contributed by atoms with Crippen LogP contribution in [0.4, 0.5) is 5.69 Å². The summed E-state index contributed by atoms with van der Waals surface area (Å²) in [5.41, 5.74) is -0.439. The predicted molar refractivity (Wildman–Crippen MR) is 49.4 cm³/mol. The lowest BCUT2D eigenvalue weighted by Gasteiger charge is -2.01. The molecule has 0 bridgehead atoms. The molecule has 0 atom stereocenters. The second-order valence-electron chi connectivity index (χ2n) is 2.71. The standard InChI is InChI=1S/C9H9NO4/c1-2-8(11)6-4-3-5-7(9(6)12)10(13)14/h3-5,12H,2H2,1H3. The van der Waals surface area contributed by atoms with Crippen LogP contribution in [0.3, 0.4) is 0 Å². The third-order valence-corrected chi connectivity index (χ3v) is 1.83. The minimum atomic E-state index is -0.720. The molecular formula is C9H9NO4. The normalized spacial score (nSPS) is 9.79. The van der Waals surface area contributed by atoms with E-state index in [1.807, 2.05) is 0 Å². The molecule has 0 spiro atoms. The van der Waals surface area contributed by atoms with Gasteiger partial charge >= 0.3 is 5.69 Å². The first kappa shape index (κ1) is 10.2. The van der Waals surface area contributed by atoms with Crippen LogP contribution in [0.1, 0.15) is 23.7 Å². The van der Waals surface area contributed by atoms with Crippen molar-refractivity contribution in [2.75, 3.05) is 0 Å². The van der Waals surface area contributed by atoms with Gasteiger partial charge in [-0.1, -0.05) is 13.0 Å². The Morgan fingerprint density at radius 2 is 2.21 bits per heavy atom. The van der Waals surface area contributed by atoms with Crippen molar-refractivity contribution in [1.82, 2.24) is 0 Å². The molecule has 0 aliphatic rings. The van der Waals surface area contributed by atoms with Crippen LogP contribution in [0.5, 0.6) is 5.75 Å². The van der Waals surface area contributed by atoms with Gasteiger partial charge in [0.1, 0.15) is 0 Å². The molecule has 0 unspecified atom stereocenters. The quantitative estimate of drug-likeness (QED) is 0.453. The Morgan fingerprint density at radius 1 is 1.57 bits per heavy atom. The summed E-state index contributed by atoms with van der Waals surface area (Å²) >= 11 is 0. The number of phenols is 1. The van der Waals surface area contributed by atoms with E-state index in [-0.39, 0.29) is 17.8 Å². The Kier molecular flexibility index (Phi) is 2.81. The van der Waals surface area contributed by atoms with E-state index in [0.717, 1.165) is 6.07 Å². The fraction of sp³-hybridized carbons (Fsp3) is 0.222. The molecular weight excluding hydrogens is 186 g/mol. The van der Waals surface area contributed by atoms with E-state index in [4.69, 9.17) is 0 Å². The van der Waals surface area contributed by atoms with Gasteiger partial charge in [-0.25, -0.2) is 0 Å². The van der Waals surface area contributed by atoms with Crippen LogP contribution in [0.2, 0.25) is 0 Å². The first-order chi connectivity index (χ1) is 6.57. The van der Waals surface area contributed by atoms with Crippen molar-refractivity contribution in [3.8, 4) is 5.75 Å². The average Bonchev–Trinajstić information content (AvgIpc) is 2.16. The van der Waals surface area contributed by atoms with Crippen molar-refractivity contribution in [2.24, 2.45) is 0 Å². The molecule has 74 valence electrons. The summed E-state index contributed by atoms with van der Waals surface area (Å²) in [4.78, 5) is 20.9. The maximum absolute atomic E-state index is 11.2. The molecule has 0 aliphatic heterocycles. The van der Waals surface area contributed by atoms with Gasteiger partial charge < -0.3 is 5.11 Å². The molecule has 0 aromatic heterocycles. The lowest BCUT2D eigenvalue weighted by atomic mass is 10.1. The fourth-order valence-corrected chi connectivity index (χ4v) is 1.09. The number of hydrogen-bond acceptors (Lipinski definition) is 4. The molecule has 0 amide bonds. The average molecular weight is 195 g/mol. The van der Waals surface area contributed by atoms with E-state index in [1.54, 1.807) is 6.92 Å². The smallest absolute Gasteiger partial charge is 0.311 e.